The van der Waals surface area contributed by atoms with E-state index < -0.39 is 0 Å². The topological polar surface area (TPSA) is 42.7 Å². The van der Waals surface area contributed by atoms with Crippen LogP contribution in [0.2, 0.25) is 0 Å². The Balaban J connectivity index is 1.59. The van der Waals surface area contributed by atoms with Crippen molar-refractivity contribution in [3.63, 3.8) is 0 Å². The van der Waals surface area contributed by atoms with Crippen molar-refractivity contribution in [2.75, 3.05) is 6.54 Å². The average molecular weight is 318 g/mol. The molecule has 122 valence electrons. The fourth-order valence-corrected chi connectivity index (χ4v) is 3.53. The second kappa shape index (κ2) is 6.21. The Bertz CT molecular complexity index is 816. The lowest BCUT2D eigenvalue weighted by molar-refractivity contribution is 0.413. The second-order valence-corrected chi connectivity index (χ2v) is 6.85. The Kier molecular flexibility index (Phi) is 3.90. The van der Waals surface area contributed by atoms with Crippen LogP contribution in [0, 0.1) is 0 Å². The zero-order valence-corrected chi connectivity index (χ0v) is 13.9. The summed E-state index contributed by atoms with van der Waals surface area (Å²) in [7, 11) is 0. The highest BCUT2D eigenvalue weighted by Gasteiger charge is 2.27. The SMILES string of the molecule is CC1(Cc2cccc(-c3cnn(-c4ccncc4)c3)c2)CCCN1. The molecule has 3 heterocycles. The molecule has 4 rings (SSSR count). The molecule has 0 radical (unpaired) electrons. The van der Waals surface area contributed by atoms with Crippen molar-refractivity contribution in [2.45, 2.75) is 31.7 Å². The number of rotatable bonds is 4. The number of aromatic nitrogens is 3. The molecule has 0 amide bonds. The second-order valence-electron chi connectivity index (χ2n) is 6.85. The summed E-state index contributed by atoms with van der Waals surface area (Å²) < 4.78 is 1.89. The Hall–Kier alpha value is -2.46. The van der Waals surface area contributed by atoms with Gasteiger partial charge in [-0.05, 0) is 56.0 Å². The van der Waals surface area contributed by atoms with Crippen LogP contribution in [0.3, 0.4) is 0 Å². The van der Waals surface area contributed by atoms with Crippen molar-refractivity contribution in [2.24, 2.45) is 0 Å². The smallest absolute Gasteiger partial charge is 0.0676 e. The number of nitrogens with zero attached hydrogens (tertiary/aromatic N) is 3. The lowest BCUT2D eigenvalue weighted by Crippen LogP contribution is -2.38. The van der Waals surface area contributed by atoms with Gasteiger partial charge in [0.25, 0.3) is 0 Å². The lowest BCUT2D eigenvalue weighted by Gasteiger charge is -2.24. The zero-order valence-electron chi connectivity index (χ0n) is 13.9. The van der Waals surface area contributed by atoms with E-state index in [9.17, 15) is 0 Å². The maximum atomic E-state index is 4.49. The van der Waals surface area contributed by atoms with E-state index in [1.807, 2.05) is 23.0 Å². The van der Waals surface area contributed by atoms with Gasteiger partial charge < -0.3 is 5.32 Å². The van der Waals surface area contributed by atoms with Crippen LogP contribution in [-0.4, -0.2) is 26.8 Å². The van der Waals surface area contributed by atoms with Crippen LogP contribution in [0.25, 0.3) is 16.8 Å². The summed E-state index contributed by atoms with van der Waals surface area (Å²) in [5.41, 5.74) is 4.99. The molecule has 4 nitrogen and oxygen atoms in total. The van der Waals surface area contributed by atoms with Crippen LogP contribution in [0.1, 0.15) is 25.3 Å². The monoisotopic (exact) mass is 318 g/mol. The van der Waals surface area contributed by atoms with Crippen molar-refractivity contribution in [1.29, 1.82) is 0 Å². The van der Waals surface area contributed by atoms with Gasteiger partial charge in [0.05, 0.1) is 11.9 Å². The first-order valence-corrected chi connectivity index (χ1v) is 8.51. The highest BCUT2D eigenvalue weighted by atomic mass is 15.3. The molecule has 1 fully saturated rings. The van der Waals surface area contributed by atoms with Gasteiger partial charge in [-0.1, -0.05) is 24.3 Å². The zero-order chi connectivity index (χ0) is 16.4. The summed E-state index contributed by atoms with van der Waals surface area (Å²) in [6, 6.07) is 12.7. The van der Waals surface area contributed by atoms with E-state index in [0.29, 0.717) is 0 Å². The molecule has 1 N–H and O–H groups in total. The van der Waals surface area contributed by atoms with Crippen LogP contribution in [0.15, 0.2) is 61.2 Å². The molecule has 1 aliphatic heterocycles. The number of pyridine rings is 1. The molecule has 24 heavy (non-hydrogen) atoms. The minimum absolute atomic E-state index is 0.236. The molecule has 1 aliphatic rings. The molecule has 0 saturated carbocycles. The number of hydrogen-bond acceptors (Lipinski definition) is 3. The number of benzene rings is 1. The third-order valence-corrected chi connectivity index (χ3v) is 4.82. The molecule has 1 saturated heterocycles. The highest BCUT2D eigenvalue weighted by molar-refractivity contribution is 5.63. The molecule has 0 bridgehead atoms. The quantitative estimate of drug-likeness (QED) is 0.799. The molecule has 1 aromatic carbocycles. The highest BCUT2D eigenvalue weighted by Crippen LogP contribution is 2.26. The molecular weight excluding hydrogens is 296 g/mol. The van der Waals surface area contributed by atoms with E-state index in [1.165, 1.54) is 24.0 Å². The first-order chi connectivity index (χ1) is 11.7. The first kappa shape index (κ1) is 15.1. The van der Waals surface area contributed by atoms with Gasteiger partial charge in [-0.25, -0.2) is 4.68 Å². The molecule has 4 heteroatoms. The van der Waals surface area contributed by atoms with Gasteiger partial charge in [-0.15, -0.1) is 0 Å². The Labute approximate surface area is 142 Å². The van der Waals surface area contributed by atoms with Crippen molar-refractivity contribution in [3.05, 3.63) is 66.7 Å². The summed E-state index contributed by atoms with van der Waals surface area (Å²) in [5.74, 6) is 0. The van der Waals surface area contributed by atoms with Gasteiger partial charge in [0, 0.05) is 29.7 Å². The van der Waals surface area contributed by atoms with E-state index in [-0.39, 0.29) is 5.54 Å². The van der Waals surface area contributed by atoms with E-state index in [1.54, 1.807) is 12.4 Å². The maximum Gasteiger partial charge on any atom is 0.0676 e. The van der Waals surface area contributed by atoms with E-state index >= 15 is 0 Å². The van der Waals surface area contributed by atoms with E-state index in [0.717, 1.165) is 24.2 Å². The molecule has 1 atom stereocenters. The molecule has 0 aliphatic carbocycles. The summed E-state index contributed by atoms with van der Waals surface area (Å²) >= 11 is 0. The van der Waals surface area contributed by atoms with E-state index in [4.69, 9.17) is 0 Å². The van der Waals surface area contributed by atoms with Crippen LogP contribution < -0.4 is 5.32 Å². The van der Waals surface area contributed by atoms with Gasteiger partial charge in [0.1, 0.15) is 0 Å². The van der Waals surface area contributed by atoms with Crippen molar-refractivity contribution < 1.29 is 0 Å². The largest absolute Gasteiger partial charge is 0.311 e. The Morgan fingerprint density at radius 3 is 2.83 bits per heavy atom. The first-order valence-electron chi connectivity index (χ1n) is 8.51. The van der Waals surface area contributed by atoms with Gasteiger partial charge >= 0.3 is 0 Å². The van der Waals surface area contributed by atoms with E-state index in [2.05, 4.69) is 52.8 Å². The molecular formula is C20H22N4. The molecule has 2 aromatic heterocycles. The number of hydrogen-bond donors (Lipinski definition) is 1. The number of nitrogens with one attached hydrogen (secondary N) is 1. The minimum atomic E-state index is 0.236. The molecule has 1 unspecified atom stereocenters. The van der Waals surface area contributed by atoms with Crippen molar-refractivity contribution in [1.82, 2.24) is 20.1 Å². The molecule has 3 aromatic rings. The van der Waals surface area contributed by atoms with Gasteiger partial charge in [-0.2, -0.15) is 5.10 Å². The lowest BCUT2D eigenvalue weighted by atomic mass is 9.90. The van der Waals surface area contributed by atoms with Crippen LogP contribution >= 0.6 is 0 Å². The third-order valence-electron chi connectivity index (χ3n) is 4.82. The average Bonchev–Trinajstić information content (AvgIpc) is 3.25. The molecule has 0 spiro atoms. The maximum absolute atomic E-state index is 4.49. The Morgan fingerprint density at radius 1 is 1.17 bits per heavy atom. The predicted octanol–water partition coefficient (Wildman–Crippen LogP) is 3.62. The fourth-order valence-electron chi connectivity index (χ4n) is 3.53. The summed E-state index contributed by atoms with van der Waals surface area (Å²) in [6.45, 7) is 3.46. The fraction of sp³-hybridized carbons (Fsp3) is 0.300. The third kappa shape index (κ3) is 3.10. The van der Waals surface area contributed by atoms with Crippen LogP contribution in [0.5, 0.6) is 0 Å². The summed E-state index contributed by atoms with van der Waals surface area (Å²) in [5, 5.41) is 8.13. The van der Waals surface area contributed by atoms with Gasteiger partial charge in [0.2, 0.25) is 0 Å². The van der Waals surface area contributed by atoms with Gasteiger partial charge in [-0.3, -0.25) is 4.98 Å². The minimum Gasteiger partial charge on any atom is -0.311 e. The standard InChI is InChI=1S/C20H22N4/c1-20(8-3-9-22-20)13-16-4-2-5-17(12-16)18-14-23-24(15-18)19-6-10-21-11-7-19/h2,4-7,10-12,14-15,22H,3,8-9,13H2,1H3. The summed E-state index contributed by atoms with van der Waals surface area (Å²) in [4.78, 5) is 4.06. The van der Waals surface area contributed by atoms with Crippen molar-refractivity contribution >= 4 is 0 Å². The van der Waals surface area contributed by atoms with Crippen LogP contribution in [0.4, 0.5) is 0 Å². The summed E-state index contributed by atoms with van der Waals surface area (Å²) in [6.07, 6.45) is 11.2. The van der Waals surface area contributed by atoms with Gasteiger partial charge in [0.15, 0.2) is 0 Å². The van der Waals surface area contributed by atoms with Crippen LogP contribution in [-0.2, 0) is 6.42 Å². The predicted molar refractivity (Wildman–Crippen MR) is 96.1 cm³/mol. The van der Waals surface area contributed by atoms with Crippen molar-refractivity contribution in [3.8, 4) is 16.8 Å². The Morgan fingerprint density at radius 2 is 2.04 bits per heavy atom. The normalized spacial score (nSPS) is 20.4.